The number of carbonyl (C=O) groups is 1. The summed E-state index contributed by atoms with van der Waals surface area (Å²) in [7, 11) is 0. The molecule has 2 heterocycles. The van der Waals surface area contributed by atoms with Gasteiger partial charge in [0.05, 0.1) is 10.6 Å². The van der Waals surface area contributed by atoms with Crippen LogP contribution in [0.1, 0.15) is 32.9 Å². The average Bonchev–Trinajstić information content (AvgIpc) is 3.19. The first kappa shape index (κ1) is 16.9. The Morgan fingerprint density at radius 1 is 1.17 bits per heavy atom. The standard InChI is InChI=1S/C18H19N3OS2/c1-3-21-17(11-14-7-5-4-6-8-14)19-20-18(21)23-12-15(22)16-10-9-13(2)24-16/h4-10H,3,11-12H2,1-2H3. The number of hydrogen-bond acceptors (Lipinski definition) is 5. The topological polar surface area (TPSA) is 47.8 Å². The fourth-order valence-corrected chi connectivity index (χ4v) is 4.24. The molecule has 2 aromatic heterocycles. The third kappa shape index (κ3) is 3.94. The van der Waals surface area contributed by atoms with E-state index in [1.165, 1.54) is 17.3 Å². The summed E-state index contributed by atoms with van der Waals surface area (Å²) in [5.74, 6) is 1.47. The maximum absolute atomic E-state index is 12.3. The molecule has 0 saturated heterocycles. The summed E-state index contributed by atoms with van der Waals surface area (Å²) in [6, 6.07) is 14.1. The summed E-state index contributed by atoms with van der Waals surface area (Å²) in [6.07, 6.45) is 0.750. The Labute approximate surface area is 149 Å². The van der Waals surface area contributed by atoms with Gasteiger partial charge in [-0.05, 0) is 31.5 Å². The lowest BCUT2D eigenvalue weighted by molar-refractivity contribution is 0.102. The van der Waals surface area contributed by atoms with Gasteiger partial charge in [-0.1, -0.05) is 42.1 Å². The van der Waals surface area contributed by atoms with E-state index in [4.69, 9.17) is 0 Å². The van der Waals surface area contributed by atoms with Crippen molar-refractivity contribution in [3.05, 3.63) is 63.6 Å². The second-order valence-electron chi connectivity index (χ2n) is 5.43. The number of aromatic nitrogens is 3. The van der Waals surface area contributed by atoms with E-state index in [0.29, 0.717) is 5.75 Å². The fraction of sp³-hybridized carbons (Fsp3) is 0.278. The largest absolute Gasteiger partial charge is 0.306 e. The predicted molar refractivity (Wildman–Crippen MR) is 99.1 cm³/mol. The lowest BCUT2D eigenvalue weighted by Crippen LogP contribution is -2.06. The Morgan fingerprint density at radius 2 is 1.96 bits per heavy atom. The highest BCUT2D eigenvalue weighted by atomic mass is 32.2. The lowest BCUT2D eigenvalue weighted by Gasteiger charge is -2.07. The molecule has 3 aromatic rings. The summed E-state index contributed by atoms with van der Waals surface area (Å²) in [5, 5.41) is 9.41. The molecular weight excluding hydrogens is 338 g/mol. The van der Waals surface area contributed by atoms with E-state index in [1.807, 2.05) is 37.3 Å². The maximum Gasteiger partial charge on any atom is 0.191 e. The van der Waals surface area contributed by atoms with E-state index in [1.54, 1.807) is 11.3 Å². The summed E-state index contributed by atoms with van der Waals surface area (Å²) < 4.78 is 2.09. The molecule has 0 aliphatic rings. The monoisotopic (exact) mass is 357 g/mol. The number of carbonyl (C=O) groups excluding carboxylic acids is 1. The summed E-state index contributed by atoms with van der Waals surface area (Å²) in [6.45, 7) is 4.88. The highest BCUT2D eigenvalue weighted by Crippen LogP contribution is 2.22. The normalized spacial score (nSPS) is 10.9. The van der Waals surface area contributed by atoms with Crippen LogP contribution in [-0.2, 0) is 13.0 Å². The third-order valence-corrected chi connectivity index (χ3v) is 5.67. The van der Waals surface area contributed by atoms with E-state index in [0.717, 1.165) is 33.7 Å². The van der Waals surface area contributed by atoms with Crippen molar-refractivity contribution in [1.82, 2.24) is 14.8 Å². The van der Waals surface area contributed by atoms with Crippen LogP contribution >= 0.6 is 23.1 Å². The van der Waals surface area contributed by atoms with Gasteiger partial charge < -0.3 is 4.57 Å². The van der Waals surface area contributed by atoms with Crippen molar-refractivity contribution in [2.24, 2.45) is 0 Å². The SMILES string of the molecule is CCn1c(Cc2ccccc2)nnc1SCC(=O)c1ccc(C)s1. The highest BCUT2D eigenvalue weighted by Gasteiger charge is 2.15. The molecule has 4 nitrogen and oxygen atoms in total. The molecule has 1 aromatic carbocycles. The molecule has 24 heavy (non-hydrogen) atoms. The van der Waals surface area contributed by atoms with Gasteiger partial charge >= 0.3 is 0 Å². The number of benzene rings is 1. The molecular formula is C18H19N3OS2. The van der Waals surface area contributed by atoms with Crippen molar-refractivity contribution >= 4 is 28.9 Å². The quantitative estimate of drug-likeness (QED) is 0.469. The van der Waals surface area contributed by atoms with Gasteiger partial charge in [0.2, 0.25) is 0 Å². The van der Waals surface area contributed by atoms with Gasteiger partial charge in [-0.15, -0.1) is 21.5 Å². The molecule has 0 aliphatic carbocycles. The molecule has 0 aliphatic heterocycles. The Balaban J connectivity index is 1.69. The van der Waals surface area contributed by atoms with Gasteiger partial charge in [-0.25, -0.2) is 0 Å². The number of aryl methyl sites for hydroxylation is 1. The van der Waals surface area contributed by atoms with E-state index >= 15 is 0 Å². The minimum absolute atomic E-state index is 0.147. The Kier molecular flexibility index (Phi) is 5.48. The molecule has 0 saturated carbocycles. The molecule has 0 N–H and O–H groups in total. The molecule has 0 radical (unpaired) electrons. The molecule has 6 heteroatoms. The van der Waals surface area contributed by atoms with Gasteiger partial charge in [0, 0.05) is 17.8 Å². The second kappa shape index (κ2) is 7.77. The Bertz CT molecular complexity index is 824. The zero-order valence-corrected chi connectivity index (χ0v) is 15.4. The number of ketones is 1. The number of thioether (sulfide) groups is 1. The molecule has 124 valence electrons. The number of thiophene rings is 1. The van der Waals surface area contributed by atoms with Crippen LogP contribution in [0.3, 0.4) is 0 Å². The molecule has 0 atom stereocenters. The van der Waals surface area contributed by atoms with Crippen LogP contribution in [0.25, 0.3) is 0 Å². The summed E-state index contributed by atoms with van der Waals surface area (Å²) >= 11 is 3.00. The number of Topliss-reactive ketones (excluding diaryl/α,β-unsaturated/α-hetero) is 1. The molecule has 0 unspecified atom stereocenters. The molecule has 0 amide bonds. The Morgan fingerprint density at radius 3 is 2.62 bits per heavy atom. The average molecular weight is 358 g/mol. The van der Waals surface area contributed by atoms with Crippen molar-refractivity contribution in [3.63, 3.8) is 0 Å². The van der Waals surface area contributed by atoms with E-state index < -0.39 is 0 Å². The molecule has 0 bridgehead atoms. The van der Waals surface area contributed by atoms with Crippen LogP contribution in [0, 0.1) is 6.92 Å². The van der Waals surface area contributed by atoms with Crippen LogP contribution < -0.4 is 0 Å². The van der Waals surface area contributed by atoms with Gasteiger partial charge in [0.15, 0.2) is 10.9 Å². The fourth-order valence-electron chi connectivity index (χ4n) is 2.44. The van der Waals surface area contributed by atoms with Gasteiger partial charge in [0.25, 0.3) is 0 Å². The molecule has 3 rings (SSSR count). The van der Waals surface area contributed by atoms with Crippen molar-refractivity contribution in [1.29, 1.82) is 0 Å². The van der Waals surface area contributed by atoms with E-state index in [2.05, 4.69) is 33.8 Å². The van der Waals surface area contributed by atoms with Crippen molar-refractivity contribution in [2.45, 2.75) is 32.0 Å². The summed E-state index contributed by atoms with van der Waals surface area (Å²) in [5.41, 5.74) is 1.21. The van der Waals surface area contributed by atoms with Crippen LogP contribution in [0.5, 0.6) is 0 Å². The summed E-state index contributed by atoms with van der Waals surface area (Å²) in [4.78, 5) is 14.2. The van der Waals surface area contributed by atoms with Crippen LogP contribution in [0.2, 0.25) is 0 Å². The van der Waals surface area contributed by atoms with Crippen molar-refractivity contribution < 1.29 is 4.79 Å². The van der Waals surface area contributed by atoms with Crippen LogP contribution in [0.15, 0.2) is 47.6 Å². The lowest BCUT2D eigenvalue weighted by atomic mass is 10.1. The number of rotatable bonds is 7. The maximum atomic E-state index is 12.3. The molecule has 0 spiro atoms. The zero-order valence-electron chi connectivity index (χ0n) is 13.7. The first-order valence-electron chi connectivity index (χ1n) is 7.85. The number of nitrogens with zero attached hydrogens (tertiary/aromatic N) is 3. The van der Waals surface area contributed by atoms with Gasteiger partial charge in [-0.2, -0.15) is 0 Å². The van der Waals surface area contributed by atoms with E-state index in [-0.39, 0.29) is 5.78 Å². The predicted octanol–water partition coefficient (Wildman–Crippen LogP) is 4.23. The Hall–Kier alpha value is -1.92. The first-order chi connectivity index (χ1) is 11.7. The van der Waals surface area contributed by atoms with Gasteiger partial charge in [-0.3, -0.25) is 4.79 Å². The van der Waals surface area contributed by atoms with E-state index in [9.17, 15) is 4.79 Å². The van der Waals surface area contributed by atoms with Crippen LogP contribution in [-0.4, -0.2) is 26.3 Å². The molecule has 0 fully saturated rings. The zero-order chi connectivity index (χ0) is 16.9. The van der Waals surface area contributed by atoms with Crippen molar-refractivity contribution in [2.75, 3.05) is 5.75 Å². The third-order valence-electron chi connectivity index (χ3n) is 3.66. The highest BCUT2D eigenvalue weighted by molar-refractivity contribution is 7.99. The van der Waals surface area contributed by atoms with Crippen LogP contribution in [0.4, 0.5) is 0 Å². The minimum Gasteiger partial charge on any atom is -0.306 e. The number of hydrogen-bond donors (Lipinski definition) is 0. The second-order valence-corrected chi connectivity index (χ2v) is 7.66. The van der Waals surface area contributed by atoms with Crippen molar-refractivity contribution in [3.8, 4) is 0 Å². The smallest absolute Gasteiger partial charge is 0.191 e. The minimum atomic E-state index is 0.147. The first-order valence-corrected chi connectivity index (χ1v) is 9.66. The van der Waals surface area contributed by atoms with Gasteiger partial charge in [0.1, 0.15) is 5.82 Å².